The fraction of sp³-hybridized carbons (Fsp3) is 0.444. The smallest absolute Gasteiger partial charge is 0.363 e. The molecule has 98 valence electrons. The van der Waals surface area contributed by atoms with Crippen molar-refractivity contribution >= 4 is 17.6 Å². The summed E-state index contributed by atoms with van der Waals surface area (Å²) < 4.78 is 0.954. The van der Waals surface area contributed by atoms with Crippen molar-refractivity contribution in [3.05, 3.63) is 22.0 Å². The molecular formula is C9H12N4O5. The maximum atomic E-state index is 11.6. The van der Waals surface area contributed by atoms with Gasteiger partial charge in [0.05, 0.1) is 4.92 Å². The highest BCUT2D eigenvalue weighted by atomic mass is 16.6. The molecule has 0 aliphatic carbocycles. The number of likely N-dealkylation sites (N-methyl/N-ethyl adjacent to an activating group) is 1. The van der Waals surface area contributed by atoms with Crippen LogP contribution in [-0.4, -0.2) is 50.2 Å². The molecule has 1 heterocycles. The topological polar surface area (TPSA) is 119 Å². The van der Waals surface area contributed by atoms with Crippen molar-refractivity contribution in [1.82, 2.24) is 14.7 Å². The average molecular weight is 256 g/mol. The molecule has 0 aromatic carbocycles. The molecule has 9 nitrogen and oxygen atoms in total. The minimum atomic E-state index is -1.50. The third-order valence-electron chi connectivity index (χ3n) is 2.34. The monoisotopic (exact) mass is 256 g/mol. The number of hydrogen-bond acceptors (Lipinski definition) is 5. The number of amides is 1. The number of carbonyl (C=O) groups is 2. The van der Waals surface area contributed by atoms with E-state index in [0.717, 1.165) is 10.9 Å². The zero-order valence-corrected chi connectivity index (χ0v) is 9.86. The van der Waals surface area contributed by atoms with Gasteiger partial charge >= 0.3 is 11.7 Å². The molecule has 0 saturated carbocycles. The third kappa shape index (κ3) is 2.81. The predicted octanol–water partition coefficient (Wildman–Crippen LogP) is -0.0322. The van der Waals surface area contributed by atoms with Gasteiger partial charge in [-0.25, -0.2) is 4.79 Å². The zero-order chi connectivity index (χ0) is 13.9. The number of nitrogens with zero attached hydrogens (tertiary/aromatic N) is 4. The van der Waals surface area contributed by atoms with E-state index < -0.39 is 22.3 Å². The first-order valence-electron chi connectivity index (χ1n) is 5.06. The van der Waals surface area contributed by atoms with E-state index in [2.05, 4.69) is 5.10 Å². The second kappa shape index (κ2) is 5.25. The molecule has 0 spiro atoms. The number of nitro groups is 1. The second-order valence-electron chi connectivity index (χ2n) is 3.53. The summed E-state index contributed by atoms with van der Waals surface area (Å²) in [5.74, 6) is -1.82. The first-order valence-corrected chi connectivity index (χ1v) is 5.06. The maximum absolute atomic E-state index is 11.6. The Hall–Kier alpha value is -2.45. The minimum Gasteiger partial charge on any atom is -0.476 e. The number of carboxylic acid groups (broad SMARTS) is 1. The molecule has 0 saturated heterocycles. The van der Waals surface area contributed by atoms with Crippen molar-refractivity contribution < 1.29 is 19.6 Å². The molecule has 0 atom stereocenters. The van der Waals surface area contributed by atoms with Crippen LogP contribution in [0.25, 0.3) is 0 Å². The number of rotatable bonds is 5. The highest BCUT2D eigenvalue weighted by Gasteiger charge is 2.25. The molecule has 18 heavy (non-hydrogen) atoms. The Morgan fingerprint density at radius 1 is 1.61 bits per heavy atom. The van der Waals surface area contributed by atoms with Crippen LogP contribution in [0.15, 0.2) is 6.20 Å². The lowest BCUT2D eigenvalue weighted by atomic mass is 10.4. The molecule has 1 amide bonds. The van der Waals surface area contributed by atoms with E-state index in [-0.39, 0.29) is 12.5 Å². The van der Waals surface area contributed by atoms with E-state index >= 15 is 0 Å². The Bertz CT molecular complexity index is 464. The third-order valence-corrected chi connectivity index (χ3v) is 2.34. The zero-order valence-electron chi connectivity index (χ0n) is 9.86. The van der Waals surface area contributed by atoms with Gasteiger partial charge in [0.15, 0.2) is 0 Å². The molecule has 1 rings (SSSR count). The van der Waals surface area contributed by atoms with Crippen molar-refractivity contribution in [3.8, 4) is 0 Å². The number of aromatic carboxylic acids is 1. The maximum Gasteiger partial charge on any atom is 0.363 e. The van der Waals surface area contributed by atoms with Crippen LogP contribution < -0.4 is 0 Å². The van der Waals surface area contributed by atoms with Crippen LogP contribution in [0.4, 0.5) is 5.69 Å². The summed E-state index contributed by atoms with van der Waals surface area (Å²) in [6.45, 7) is 2.01. The van der Waals surface area contributed by atoms with E-state index in [4.69, 9.17) is 5.11 Å². The molecule has 1 aromatic heterocycles. The molecule has 0 aliphatic rings. The minimum absolute atomic E-state index is 0.238. The SMILES string of the molecule is CCN(C)C(=O)Cn1cc([N+](=O)[O-])c(C(=O)O)n1. The molecule has 0 fully saturated rings. The van der Waals surface area contributed by atoms with Gasteiger partial charge < -0.3 is 10.0 Å². The van der Waals surface area contributed by atoms with Gasteiger partial charge in [0, 0.05) is 13.6 Å². The van der Waals surface area contributed by atoms with Crippen molar-refractivity contribution in [2.24, 2.45) is 0 Å². The van der Waals surface area contributed by atoms with E-state index in [0.29, 0.717) is 6.54 Å². The standard InChI is InChI=1S/C9H12N4O5/c1-3-11(2)7(14)5-12-4-6(13(17)18)8(10-12)9(15)16/h4H,3,5H2,1-2H3,(H,15,16). The van der Waals surface area contributed by atoms with E-state index in [9.17, 15) is 19.7 Å². The van der Waals surface area contributed by atoms with Crippen molar-refractivity contribution in [2.75, 3.05) is 13.6 Å². The van der Waals surface area contributed by atoms with Gasteiger partial charge in [0.25, 0.3) is 0 Å². The van der Waals surface area contributed by atoms with Crippen LogP contribution in [0.1, 0.15) is 17.4 Å². The summed E-state index contributed by atoms with van der Waals surface area (Å²) >= 11 is 0. The van der Waals surface area contributed by atoms with Gasteiger partial charge in [-0.05, 0) is 6.92 Å². The molecule has 0 unspecified atom stereocenters. The highest BCUT2D eigenvalue weighted by Crippen LogP contribution is 2.16. The number of carboxylic acids is 1. The predicted molar refractivity (Wildman–Crippen MR) is 59.2 cm³/mol. The van der Waals surface area contributed by atoms with Crippen LogP contribution in [0.2, 0.25) is 0 Å². The van der Waals surface area contributed by atoms with Crippen LogP contribution >= 0.6 is 0 Å². The Kier molecular flexibility index (Phi) is 3.97. The van der Waals surface area contributed by atoms with E-state index in [1.807, 2.05) is 0 Å². The number of aromatic nitrogens is 2. The molecule has 1 N–H and O–H groups in total. The normalized spacial score (nSPS) is 10.1. The molecule has 0 bridgehead atoms. The van der Waals surface area contributed by atoms with E-state index in [1.165, 1.54) is 4.90 Å². The fourth-order valence-electron chi connectivity index (χ4n) is 1.21. The molecule has 0 radical (unpaired) electrons. The van der Waals surface area contributed by atoms with Gasteiger partial charge in [-0.1, -0.05) is 0 Å². The van der Waals surface area contributed by atoms with Crippen LogP contribution in [0.3, 0.4) is 0 Å². The molecule has 1 aromatic rings. The summed E-state index contributed by atoms with van der Waals surface area (Å²) in [6, 6.07) is 0. The Morgan fingerprint density at radius 3 is 2.61 bits per heavy atom. The Morgan fingerprint density at radius 2 is 2.22 bits per heavy atom. The quantitative estimate of drug-likeness (QED) is 0.583. The summed E-state index contributed by atoms with van der Waals surface area (Å²) in [4.78, 5) is 33.5. The van der Waals surface area contributed by atoms with Crippen molar-refractivity contribution in [3.63, 3.8) is 0 Å². The summed E-state index contributed by atoms with van der Waals surface area (Å²) in [7, 11) is 1.57. The molecule has 9 heteroatoms. The molecule has 0 aliphatic heterocycles. The summed E-state index contributed by atoms with van der Waals surface area (Å²) in [6.07, 6.45) is 0.935. The van der Waals surface area contributed by atoms with Gasteiger partial charge in [-0.3, -0.25) is 19.6 Å². The Balaban J connectivity index is 2.99. The number of carbonyl (C=O) groups excluding carboxylic acids is 1. The van der Waals surface area contributed by atoms with Gasteiger partial charge in [-0.2, -0.15) is 5.10 Å². The average Bonchev–Trinajstić information content (AvgIpc) is 2.72. The van der Waals surface area contributed by atoms with Gasteiger partial charge in [-0.15, -0.1) is 0 Å². The lowest BCUT2D eigenvalue weighted by Gasteiger charge is -2.13. The second-order valence-corrected chi connectivity index (χ2v) is 3.53. The summed E-state index contributed by atoms with van der Waals surface area (Å²) in [5.41, 5.74) is -1.30. The van der Waals surface area contributed by atoms with E-state index in [1.54, 1.807) is 14.0 Å². The highest BCUT2D eigenvalue weighted by molar-refractivity contribution is 5.90. The molecular weight excluding hydrogens is 244 g/mol. The van der Waals surface area contributed by atoms with Crippen LogP contribution in [-0.2, 0) is 11.3 Å². The Labute approximate surface area is 102 Å². The van der Waals surface area contributed by atoms with Crippen LogP contribution in [0.5, 0.6) is 0 Å². The number of hydrogen-bond donors (Lipinski definition) is 1. The van der Waals surface area contributed by atoms with Gasteiger partial charge in [0.1, 0.15) is 12.7 Å². The first kappa shape index (κ1) is 13.6. The van der Waals surface area contributed by atoms with Crippen molar-refractivity contribution in [2.45, 2.75) is 13.5 Å². The van der Waals surface area contributed by atoms with Gasteiger partial charge in [0.2, 0.25) is 11.6 Å². The lowest BCUT2D eigenvalue weighted by molar-refractivity contribution is -0.385. The first-order chi connectivity index (χ1) is 8.36. The lowest BCUT2D eigenvalue weighted by Crippen LogP contribution is -2.30. The fourth-order valence-corrected chi connectivity index (χ4v) is 1.21. The van der Waals surface area contributed by atoms with Crippen molar-refractivity contribution in [1.29, 1.82) is 0 Å². The largest absolute Gasteiger partial charge is 0.476 e. The van der Waals surface area contributed by atoms with Crippen LogP contribution in [0, 0.1) is 10.1 Å². The summed E-state index contributed by atoms with van der Waals surface area (Å²) in [5, 5.41) is 22.9.